The van der Waals surface area contributed by atoms with Gasteiger partial charge in [0, 0.05) is 15.7 Å². The first-order valence-corrected chi connectivity index (χ1v) is 12.6. The third-order valence-corrected chi connectivity index (χ3v) is 6.79. The van der Waals surface area contributed by atoms with Gasteiger partial charge in [0.1, 0.15) is 12.4 Å². The van der Waals surface area contributed by atoms with Crippen LogP contribution in [0.15, 0.2) is 74.2 Å². The molecular formula is C23H12Br2ClIN2O5. The van der Waals surface area contributed by atoms with Crippen molar-refractivity contribution < 1.29 is 19.2 Å². The van der Waals surface area contributed by atoms with Crippen molar-refractivity contribution in [3.8, 4) is 5.75 Å². The summed E-state index contributed by atoms with van der Waals surface area (Å²) in [5, 5.41) is 11.2. The molecule has 0 amide bonds. The molecule has 4 rings (SSSR count). The topological polar surface area (TPSA) is 91.0 Å². The molecule has 0 unspecified atom stereocenters. The van der Waals surface area contributed by atoms with Gasteiger partial charge in [-0.25, -0.2) is 9.79 Å². The summed E-state index contributed by atoms with van der Waals surface area (Å²) in [6, 6.07) is 15.4. The van der Waals surface area contributed by atoms with Gasteiger partial charge in [0.25, 0.3) is 5.69 Å². The Labute approximate surface area is 229 Å². The molecule has 0 N–H and O–H groups in total. The fourth-order valence-electron chi connectivity index (χ4n) is 3.06. The van der Waals surface area contributed by atoms with E-state index in [2.05, 4.69) is 59.4 Å². The van der Waals surface area contributed by atoms with Gasteiger partial charge < -0.3 is 9.47 Å². The first-order valence-electron chi connectivity index (χ1n) is 9.54. The van der Waals surface area contributed by atoms with Gasteiger partial charge in [0.2, 0.25) is 5.90 Å². The standard InChI is InChI=1S/C23H12Br2ClIN2O5/c24-17-7-13(8-18(25)21(17)33-11-12-2-1-3-14(27)6-12)9-20-23(30)34-22(28-20)16-10-15(29(31)32)4-5-19(16)26/h1-10H,11H2/b20-9-. The summed E-state index contributed by atoms with van der Waals surface area (Å²) in [4.78, 5) is 27.1. The number of hydrogen-bond donors (Lipinski definition) is 0. The minimum absolute atomic E-state index is 0.0314. The van der Waals surface area contributed by atoms with Gasteiger partial charge in [0.15, 0.2) is 5.70 Å². The van der Waals surface area contributed by atoms with Crippen LogP contribution >= 0.6 is 66.1 Å². The monoisotopic (exact) mass is 716 g/mol. The van der Waals surface area contributed by atoms with E-state index in [9.17, 15) is 14.9 Å². The number of ether oxygens (including phenoxy) is 2. The van der Waals surface area contributed by atoms with Gasteiger partial charge in [-0.15, -0.1) is 0 Å². The number of non-ortho nitro benzene ring substituents is 1. The molecule has 1 heterocycles. The third kappa shape index (κ3) is 5.68. The van der Waals surface area contributed by atoms with E-state index in [1.807, 2.05) is 24.3 Å². The molecule has 7 nitrogen and oxygen atoms in total. The van der Waals surface area contributed by atoms with Gasteiger partial charge in [-0.2, -0.15) is 0 Å². The van der Waals surface area contributed by atoms with Crippen LogP contribution < -0.4 is 4.74 Å². The smallest absolute Gasteiger partial charge is 0.363 e. The summed E-state index contributed by atoms with van der Waals surface area (Å²) in [5.74, 6) is -0.174. The minimum Gasteiger partial charge on any atom is -0.487 e. The Hall–Kier alpha value is -2.28. The zero-order valence-electron chi connectivity index (χ0n) is 16.9. The summed E-state index contributed by atoms with van der Waals surface area (Å²) < 4.78 is 13.7. The van der Waals surface area contributed by atoms with Crippen LogP contribution in [-0.2, 0) is 16.1 Å². The predicted molar refractivity (Wildman–Crippen MR) is 144 cm³/mol. The van der Waals surface area contributed by atoms with Gasteiger partial charge in [-0.1, -0.05) is 23.7 Å². The van der Waals surface area contributed by atoms with Crippen molar-refractivity contribution in [1.82, 2.24) is 0 Å². The largest absolute Gasteiger partial charge is 0.487 e. The molecule has 0 radical (unpaired) electrons. The van der Waals surface area contributed by atoms with Crippen molar-refractivity contribution in [3.05, 3.63) is 105 Å². The Kier molecular flexibility index (Phi) is 7.70. The van der Waals surface area contributed by atoms with Crippen LogP contribution in [0, 0.1) is 13.7 Å². The second-order valence-corrected chi connectivity index (χ2v) is 10.4. The minimum atomic E-state index is -0.691. The number of nitro benzene ring substituents is 1. The molecule has 3 aromatic rings. The van der Waals surface area contributed by atoms with E-state index in [4.69, 9.17) is 21.1 Å². The molecule has 0 bridgehead atoms. The Balaban J connectivity index is 1.59. The Morgan fingerprint density at radius 3 is 2.56 bits per heavy atom. The van der Waals surface area contributed by atoms with E-state index in [0.717, 1.165) is 9.13 Å². The molecule has 1 aliphatic rings. The predicted octanol–water partition coefficient (Wildman–Crippen LogP) is 7.30. The van der Waals surface area contributed by atoms with Gasteiger partial charge in [-0.3, -0.25) is 10.1 Å². The highest BCUT2D eigenvalue weighted by atomic mass is 127. The number of benzene rings is 3. The van der Waals surface area contributed by atoms with Crippen LogP contribution in [0.25, 0.3) is 6.08 Å². The molecule has 0 aromatic heterocycles. The number of esters is 1. The highest BCUT2D eigenvalue weighted by molar-refractivity contribution is 14.1. The van der Waals surface area contributed by atoms with E-state index in [1.165, 1.54) is 18.2 Å². The molecule has 0 fully saturated rings. The summed E-state index contributed by atoms with van der Waals surface area (Å²) >= 11 is 15.4. The number of cyclic esters (lactones) is 1. The molecule has 3 aromatic carbocycles. The van der Waals surface area contributed by atoms with Crippen molar-refractivity contribution in [2.45, 2.75) is 6.61 Å². The first kappa shape index (κ1) is 24.8. The van der Waals surface area contributed by atoms with Crippen molar-refractivity contribution >= 4 is 89.7 Å². The molecule has 0 spiro atoms. The lowest BCUT2D eigenvalue weighted by molar-refractivity contribution is -0.384. The number of carbonyl (C=O) groups excluding carboxylic acids is 1. The number of nitro groups is 1. The summed E-state index contributed by atoms with van der Waals surface area (Å²) in [6.07, 6.45) is 1.54. The quantitative estimate of drug-likeness (QED) is 0.0878. The Morgan fingerprint density at radius 2 is 1.88 bits per heavy atom. The SMILES string of the molecule is O=C1OC(c2cc([N+](=O)[O-])ccc2Cl)=N/C1=C\c1cc(Br)c(OCc2cccc(I)c2)c(Br)c1. The number of hydrogen-bond acceptors (Lipinski definition) is 6. The molecule has 172 valence electrons. The number of rotatable bonds is 6. The van der Waals surface area contributed by atoms with E-state index in [-0.39, 0.29) is 27.9 Å². The average Bonchev–Trinajstić information content (AvgIpc) is 3.13. The van der Waals surface area contributed by atoms with Crippen LogP contribution in [0.3, 0.4) is 0 Å². The second-order valence-electron chi connectivity index (χ2n) is 6.99. The zero-order chi connectivity index (χ0) is 24.4. The number of halogens is 4. The number of aliphatic imine (C=N–C) groups is 1. The average molecular weight is 719 g/mol. The molecule has 1 aliphatic heterocycles. The van der Waals surface area contributed by atoms with Crippen LogP contribution in [0.2, 0.25) is 5.02 Å². The van der Waals surface area contributed by atoms with Crippen LogP contribution in [-0.4, -0.2) is 16.8 Å². The molecule has 0 atom stereocenters. The Morgan fingerprint density at radius 1 is 1.15 bits per heavy atom. The van der Waals surface area contributed by atoms with E-state index in [0.29, 0.717) is 26.9 Å². The fourth-order valence-corrected chi connectivity index (χ4v) is 5.31. The molecule has 34 heavy (non-hydrogen) atoms. The third-order valence-electron chi connectivity index (χ3n) is 4.61. The lowest BCUT2D eigenvalue weighted by Crippen LogP contribution is -2.06. The van der Waals surface area contributed by atoms with Crippen molar-refractivity contribution in [1.29, 1.82) is 0 Å². The lowest BCUT2D eigenvalue weighted by atomic mass is 10.2. The second kappa shape index (κ2) is 10.5. The van der Waals surface area contributed by atoms with Gasteiger partial charge in [-0.05, 0) is 102 Å². The maximum absolute atomic E-state index is 12.4. The molecule has 0 saturated carbocycles. The first-order chi connectivity index (χ1) is 16.2. The zero-order valence-corrected chi connectivity index (χ0v) is 23.0. The van der Waals surface area contributed by atoms with E-state index in [1.54, 1.807) is 18.2 Å². The van der Waals surface area contributed by atoms with Gasteiger partial charge in [0.05, 0.1) is 24.5 Å². The van der Waals surface area contributed by atoms with Crippen LogP contribution in [0.4, 0.5) is 5.69 Å². The van der Waals surface area contributed by atoms with Crippen LogP contribution in [0.1, 0.15) is 16.7 Å². The maximum Gasteiger partial charge on any atom is 0.363 e. The number of carbonyl (C=O) groups is 1. The molecule has 0 aliphatic carbocycles. The Bertz CT molecular complexity index is 1370. The summed E-state index contributed by atoms with van der Waals surface area (Å²) in [7, 11) is 0. The van der Waals surface area contributed by atoms with Gasteiger partial charge >= 0.3 is 5.97 Å². The lowest BCUT2D eigenvalue weighted by Gasteiger charge is -2.12. The highest BCUT2D eigenvalue weighted by Gasteiger charge is 2.27. The molecular weight excluding hydrogens is 706 g/mol. The van der Waals surface area contributed by atoms with Crippen molar-refractivity contribution in [2.75, 3.05) is 0 Å². The fraction of sp³-hybridized carbons (Fsp3) is 0.0435. The molecule has 11 heteroatoms. The van der Waals surface area contributed by atoms with Crippen molar-refractivity contribution in [2.24, 2.45) is 4.99 Å². The molecule has 0 saturated heterocycles. The highest BCUT2D eigenvalue weighted by Crippen LogP contribution is 2.36. The van der Waals surface area contributed by atoms with Crippen molar-refractivity contribution in [3.63, 3.8) is 0 Å². The van der Waals surface area contributed by atoms with E-state index >= 15 is 0 Å². The number of nitrogens with zero attached hydrogens (tertiary/aromatic N) is 2. The summed E-state index contributed by atoms with van der Waals surface area (Å²) in [6.45, 7) is 0.387. The summed E-state index contributed by atoms with van der Waals surface area (Å²) in [5.41, 5.74) is 1.69. The maximum atomic E-state index is 12.4. The normalized spacial score (nSPS) is 14.2. The van der Waals surface area contributed by atoms with E-state index < -0.39 is 10.9 Å². The van der Waals surface area contributed by atoms with Crippen LogP contribution in [0.5, 0.6) is 5.75 Å².